The number of nitrogens with zero attached hydrogens (tertiary/aromatic N) is 3. The zero-order chi connectivity index (χ0) is 13.0. The fourth-order valence-electron chi connectivity index (χ4n) is 1.13. The second-order valence-electron chi connectivity index (χ2n) is 3.13. The quantitative estimate of drug-likeness (QED) is 0.556. The van der Waals surface area contributed by atoms with Gasteiger partial charge in [-0.3, -0.25) is 0 Å². The van der Waals surface area contributed by atoms with E-state index in [0.29, 0.717) is 5.82 Å². The molecular formula is C9H10ClN5O3S. The van der Waals surface area contributed by atoms with E-state index in [-0.39, 0.29) is 35.6 Å². The minimum atomic E-state index is -1.24. The highest BCUT2D eigenvalue weighted by molar-refractivity contribution is 7.13. The number of halogens is 1. The van der Waals surface area contributed by atoms with Gasteiger partial charge in [-0.15, -0.1) is 23.7 Å². The number of oxime groups is 1. The molecule has 0 amide bonds. The number of thiazole rings is 1. The number of imidazole rings is 1. The highest BCUT2D eigenvalue weighted by atomic mass is 35.5. The van der Waals surface area contributed by atoms with Crippen LogP contribution in [0.5, 0.6) is 0 Å². The highest BCUT2D eigenvalue weighted by Gasteiger charge is 2.17. The molecule has 0 saturated heterocycles. The third-order valence-electron chi connectivity index (χ3n) is 1.88. The van der Waals surface area contributed by atoms with Crippen LogP contribution in [0.1, 0.15) is 11.5 Å². The lowest BCUT2D eigenvalue weighted by Gasteiger charge is -1.98. The van der Waals surface area contributed by atoms with Crippen molar-refractivity contribution in [3.63, 3.8) is 0 Å². The number of aliphatic carboxylic acids is 1. The molecule has 8 nitrogen and oxygen atoms in total. The zero-order valence-corrected chi connectivity index (χ0v) is 11.1. The number of carboxylic acid groups (broad SMARTS) is 1. The van der Waals surface area contributed by atoms with Gasteiger partial charge in [0.15, 0.2) is 11.7 Å². The molecule has 0 radical (unpaired) electrons. The van der Waals surface area contributed by atoms with Crippen LogP contribution in [-0.4, -0.2) is 31.7 Å². The Morgan fingerprint density at radius 2 is 2.42 bits per heavy atom. The zero-order valence-electron chi connectivity index (χ0n) is 9.44. The van der Waals surface area contributed by atoms with Gasteiger partial charge in [-0.1, -0.05) is 5.16 Å². The Kier molecular flexibility index (Phi) is 5.27. The van der Waals surface area contributed by atoms with Gasteiger partial charge >= 0.3 is 5.97 Å². The molecule has 2 heterocycles. The first-order valence-corrected chi connectivity index (χ1v) is 5.67. The van der Waals surface area contributed by atoms with Crippen molar-refractivity contribution in [2.24, 2.45) is 5.16 Å². The van der Waals surface area contributed by atoms with Crippen LogP contribution in [0.4, 0.5) is 5.13 Å². The number of hydrogen-bond acceptors (Lipinski definition) is 7. The molecule has 0 fully saturated rings. The number of rotatable bonds is 5. The summed E-state index contributed by atoms with van der Waals surface area (Å²) in [5.41, 5.74) is 5.30. The van der Waals surface area contributed by atoms with E-state index < -0.39 is 5.97 Å². The van der Waals surface area contributed by atoms with Crippen LogP contribution in [0.25, 0.3) is 0 Å². The number of H-pyrrole nitrogens is 1. The Balaban J connectivity index is 0.00000180. The number of aromatic amines is 1. The molecule has 0 spiro atoms. The first-order valence-electron chi connectivity index (χ1n) is 4.79. The first kappa shape index (κ1) is 14.9. The monoisotopic (exact) mass is 303 g/mol. The van der Waals surface area contributed by atoms with Crippen molar-refractivity contribution in [3.8, 4) is 0 Å². The molecule has 0 aliphatic carbocycles. The van der Waals surface area contributed by atoms with Crippen molar-refractivity contribution >= 4 is 40.6 Å². The van der Waals surface area contributed by atoms with Crippen LogP contribution in [0, 0.1) is 0 Å². The molecule has 0 aliphatic rings. The minimum Gasteiger partial charge on any atom is -0.476 e. The van der Waals surface area contributed by atoms with E-state index in [1.807, 2.05) is 0 Å². The molecule has 0 unspecified atom stereocenters. The molecule has 102 valence electrons. The van der Waals surface area contributed by atoms with Gasteiger partial charge in [-0.25, -0.2) is 14.8 Å². The number of anilines is 1. The van der Waals surface area contributed by atoms with Gasteiger partial charge in [0.25, 0.3) is 0 Å². The number of nitrogens with one attached hydrogen (secondary N) is 1. The lowest BCUT2D eigenvalue weighted by molar-refractivity contribution is -0.129. The predicted octanol–water partition coefficient (Wildman–Crippen LogP) is 0.876. The number of hydrogen-bond donors (Lipinski definition) is 3. The van der Waals surface area contributed by atoms with Crippen molar-refractivity contribution in [1.82, 2.24) is 15.0 Å². The number of carboxylic acids is 1. The Bertz CT molecular complexity index is 568. The summed E-state index contributed by atoms with van der Waals surface area (Å²) in [6.07, 6.45) is 3.18. The van der Waals surface area contributed by atoms with Crippen LogP contribution in [0.3, 0.4) is 0 Å². The smallest absolute Gasteiger partial charge is 0.360 e. The summed E-state index contributed by atoms with van der Waals surface area (Å²) in [7, 11) is 0. The number of aromatic nitrogens is 3. The van der Waals surface area contributed by atoms with E-state index >= 15 is 0 Å². The van der Waals surface area contributed by atoms with Gasteiger partial charge in [-0.2, -0.15) is 0 Å². The first-order chi connectivity index (χ1) is 8.66. The molecule has 10 heteroatoms. The molecule has 2 aromatic heterocycles. The van der Waals surface area contributed by atoms with Gasteiger partial charge in [0.1, 0.15) is 11.5 Å². The number of carbonyl (C=O) groups is 1. The molecule has 0 aliphatic heterocycles. The summed E-state index contributed by atoms with van der Waals surface area (Å²) in [6.45, 7) is 0.0450. The number of nitrogens with two attached hydrogens (primary N) is 1. The van der Waals surface area contributed by atoms with E-state index in [1.165, 1.54) is 5.38 Å². The largest absolute Gasteiger partial charge is 0.476 e. The summed E-state index contributed by atoms with van der Waals surface area (Å²) in [4.78, 5) is 26.4. The average molecular weight is 304 g/mol. The summed E-state index contributed by atoms with van der Waals surface area (Å²) in [5, 5.41) is 14.3. The van der Waals surface area contributed by atoms with Crippen molar-refractivity contribution in [2.75, 3.05) is 5.73 Å². The van der Waals surface area contributed by atoms with Gasteiger partial charge in [0.05, 0.1) is 0 Å². The van der Waals surface area contributed by atoms with Crippen molar-refractivity contribution in [3.05, 3.63) is 29.3 Å². The fourth-order valence-corrected chi connectivity index (χ4v) is 1.67. The van der Waals surface area contributed by atoms with Crippen molar-refractivity contribution in [2.45, 2.75) is 6.61 Å². The van der Waals surface area contributed by atoms with Gasteiger partial charge in [-0.05, 0) is 0 Å². The van der Waals surface area contributed by atoms with Crippen molar-refractivity contribution in [1.29, 1.82) is 0 Å². The predicted molar refractivity (Wildman–Crippen MR) is 71.3 cm³/mol. The molecular weight excluding hydrogens is 294 g/mol. The van der Waals surface area contributed by atoms with Gasteiger partial charge in [0.2, 0.25) is 5.71 Å². The molecule has 19 heavy (non-hydrogen) atoms. The normalized spacial score (nSPS) is 10.8. The van der Waals surface area contributed by atoms with Crippen LogP contribution < -0.4 is 5.73 Å². The fraction of sp³-hybridized carbons (Fsp3) is 0.111. The minimum absolute atomic E-state index is 0. The second kappa shape index (κ2) is 6.71. The van der Waals surface area contributed by atoms with Crippen LogP contribution in [-0.2, 0) is 16.2 Å². The maximum atomic E-state index is 11.0. The van der Waals surface area contributed by atoms with E-state index in [1.54, 1.807) is 12.4 Å². The maximum absolute atomic E-state index is 11.0. The Morgan fingerprint density at radius 3 is 2.95 bits per heavy atom. The lowest BCUT2D eigenvalue weighted by atomic mass is 10.3. The standard InChI is InChI=1S/C9H9N5O3S.ClH/c10-9-13-5(4-18-9)7(8(15)16)14-17-3-6-11-1-2-12-6;/h1-2,4H,3H2,(H2,10,13)(H,11,12)(H,15,16);1H. The van der Waals surface area contributed by atoms with Gasteiger partial charge in [0, 0.05) is 17.8 Å². The summed E-state index contributed by atoms with van der Waals surface area (Å²) < 4.78 is 0. The Hall–Kier alpha value is -2.13. The summed E-state index contributed by atoms with van der Waals surface area (Å²) in [6, 6.07) is 0. The van der Waals surface area contributed by atoms with E-state index in [2.05, 4.69) is 20.1 Å². The van der Waals surface area contributed by atoms with E-state index in [0.717, 1.165) is 11.3 Å². The maximum Gasteiger partial charge on any atom is 0.360 e. The average Bonchev–Trinajstić information content (AvgIpc) is 2.95. The summed E-state index contributed by atoms with van der Waals surface area (Å²) >= 11 is 1.13. The molecule has 2 rings (SSSR count). The number of nitrogen functional groups attached to an aromatic ring is 1. The Labute approximate surface area is 117 Å². The third-order valence-corrected chi connectivity index (χ3v) is 2.55. The summed E-state index contributed by atoms with van der Waals surface area (Å²) in [5.74, 6) is -0.693. The molecule has 4 N–H and O–H groups in total. The highest BCUT2D eigenvalue weighted by Crippen LogP contribution is 2.12. The SMILES string of the molecule is Cl.Nc1nc(C(=NOCc2ncc[nH]2)C(=O)O)cs1. The second-order valence-corrected chi connectivity index (χ2v) is 4.02. The third kappa shape index (κ3) is 3.93. The van der Waals surface area contributed by atoms with Crippen LogP contribution in [0.2, 0.25) is 0 Å². The Morgan fingerprint density at radius 1 is 1.63 bits per heavy atom. The van der Waals surface area contributed by atoms with E-state index in [9.17, 15) is 4.79 Å². The van der Waals surface area contributed by atoms with Crippen LogP contribution >= 0.6 is 23.7 Å². The van der Waals surface area contributed by atoms with Crippen LogP contribution in [0.15, 0.2) is 22.9 Å². The topological polar surface area (TPSA) is 126 Å². The van der Waals surface area contributed by atoms with Crippen molar-refractivity contribution < 1.29 is 14.7 Å². The molecule has 2 aromatic rings. The van der Waals surface area contributed by atoms with Gasteiger partial charge < -0.3 is 20.7 Å². The lowest BCUT2D eigenvalue weighted by Crippen LogP contribution is -2.15. The molecule has 0 saturated carbocycles. The molecule has 0 aromatic carbocycles. The molecule has 0 atom stereocenters. The van der Waals surface area contributed by atoms with E-state index in [4.69, 9.17) is 15.7 Å². The molecule has 0 bridgehead atoms.